The van der Waals surface area contributed by atoms with E-state index in [0.29, 0.717) is 36.0 Å². The van der Waals surface area contributed by atoms with Crippen molar-refractivity contribution in [1.82, 2.24) is 5.32 Å². The van der Waals surface area contributed by atoms with Crippen molar-refractivity contribution in [3.05, 3.63) is 35.4 Å². The average molecular weight is 424 g/mol. The summed E-state index contributed by atoms with van der Waals surface area (Å²) in [4.78, 5) is 25.0. The lowest BCUT2D eigenvalue weighted by atomic mass is 9.43. The van der Waals surface area contributed by atoms with Gasteiger partial charge < -0.3 is 10.1 Å². The lowest BCUT2D eigenvalue weighted by Crippen LogP contribution is -2.68. The van der Waals surface area contributed by atoms with E-state index in [1.807, 2.05) is 0 Å². The molecular weight excluding hydrogens is 386 g/mol. The number of piperidine rings is 1. The summed E-state index contributed by atoms with van der Waals surface area (Å²) in [5.74, 6) is 1.24. The number of hydrogen-bond donors (Lipinski definition) is 1. The molecule has 0 aromatic heterocycles. The standard InChI is InChI=1S/C27H37NO3/c1-17-7-9-19(10-8-17)27(31-18(2)29)16-22-26(4,15-12-23(30)28-22)21-11-14-25(3)13-5-6-20(25)24(21)27/h7-10,20-22,24H,5-6,11-16H2,1-4H3,(H,28,30)/t20-,21+,22?,24-,25-,26+,27?/m0/s1. The maximum absolute atomic E-state index is 12.6. The van der Waals surface area contributed by atoms with Crippen LogP contribution in [0, 0.1) is 35.5 Å². The molecule has 4 nitrogen and oxygen atoms in total. The Labute approximate surface area is 186 Å². The number of amides is 1. The third-order valence-electron chi connectivity index (χ3n) is 9.83. The Hall–Kier alpha value is -1.84. The van der Waals surface area contributed by atoms with Crippen LogP contribution in [-0.2, 0) is 19.9 Å². The van der Waals surface area contributed by atoms with Gasteiger partial charge in [0.15, 0.2) is 0 Å². The first kappa shape index (κ1) is 21.0. The molecule has 4 heteroatoms. The van der Waals surface area contributed by atoms with Gasteiger partial charge in [0.25, 0.3) is 0 Å². The number of nitrogens with one attached hydrogen (secondary N) is 1. The first-order chi connectivity index (χ1) is 14.7. The number of carbonyl (C=O) groups excluding carboxylic acids is 2. The quantitative estimate of drug-likeness (QED) is 0.659. The Bertz CT molecular complexity index is 894. The van der Waals surface area contributed by atoms with Gasteiger partial charge in [-0.3, -0.25) is 9.59 Å². The molecule has 7 atom stereocenters. The molecule has 168 valence electrons. The second-order valence-corrected chi connectivity index (χ2v) is 11.5. The fourth-order valence-electron chi connectivity index (χ4n) is 8.25. The van der Waals surface area contributed by atoms with Crippen molar-refractivity contribution in [1.29, 1.82) is 0 Å². The summed E-state index contributed by atoms with van der Waals surface area (Å²) < 4.78 is 6.47. The van der Waals surface area contributed by atoms with Crippen molar-refractivity contribution in [3.8, 4) is 0 Å². The van der Waals surface area contributed by atoms with Crippen LogP contribution in [0.5, 0.6) is 0 Å². The molecule has 0 radical (unpaired) electrons. The molecule has 3 aliphatic carbocycles. The summed E-state index contributed by atoms with van der Waals surface area (Å²) >= 11 is 0. The lowest BCUT2D eigenvalue weighted by Gasteiger charge is -2.65. The molecule has 1 saturated heterocycles. The predicted octanol–water partition coefficient (Wildman–Crippen LogP) is 5.27. The molecule has 1 aromatic carbocycles. The molecule has 5 rings (SSSR count). The monoisotopic (exact) mass is 423 g/mol. The number of esters is 1. The van der Waals surface area contributed by atoms with Gasteiger partial charge in [0.2, 0.25) is 5.91 Å². The van der Waals surface area contributed by atoms with Gasteiger partial charge in [-0.25, -0.2) is 0 Å². The topological polar surface area (TPSA) is 55.4 Å². The first-order valence-corrected chi connectivity index (χ1v) is 12.2. The molecule has 1 amide bonds. The zero-order chi connectivity index (χ0) is 22.0. The molecule has 31 heavy (non-hydrogen) atoms. The minimum absolute atomic E-state index is 0.0430. The van der Waals surface area contributed by atoms with E-state index >= 15 is 0 Å². The maximum atomic E-state index is 12.6. The summed E-state index contributed by atoms with van der Waals surface area (Å²) in [7, 11) is 0. The zero-order valence-corrected chi connectivity index (χ0v) is 19.5. The summed E-state index contributed by atoms with van der Waals surface area (Å²) in [5, 5.41) is 3.34. The van der Waals surface area contributed by atoms with E-state index in [2.05, 4.69) is 50.4 Å². The summed E-state index contributed by atoms with van der Waals surface area (Å²) in [5.41, 5.74) is 2.05. The number of fused-ring (bicyclic) bond motifs is 5. The molecule has 1 N–H and O–H groups in total. The highest BCUT2D eigenvalue weighted by Crippen LogP contribution is 2.68. The third kappa shape index (κ3) is 3.08. The van der Waals surface area contributed by atoms with Crippen LogP contribution in [-0.4, -0.2) is 17.9 Å². The van der Waals surface area contributed by atoms with Crippen molar-refractivity contribution in [2.24, 2.45) is 28.6 Å². The molecule has 4 fully saturated rings. The highest BCUT2D eigenvalue weighted by atomic mass is 16.6. The van der Waals surface area contributed by atoms with Crippen LogP contribution in [0.2, 0.25) is 0 Å². The van der Waals surface area contributed by atoms with Crippen LogP contribution in [0.4, 0.5) is 0 Å². The summed E-state index contributed by atoms with van der Waals surface area (Å²) in [6, 6.07) is 8.66. The molecule has 1 aliphatic heterocycles. The van der Waals surface area contributed by atoms with E-state index in [0.717, 1.165) is 18.4 Å². The van der Waals surface area contributed by atoms with E-state index in [1.165, 1.54) is 31.2 Å². The zero-order valence-electron chi connectivity index (χ0n) is 19.5. The Balaban J connectivity index is 1.71. The van der Waals surface area contributed by atoms with Gasteiger partial charge in [0, 0.05) is 31.7 Å². The highest BCUT2D eigenvalue weighted by Gasteiger charge is 2.67. The molecule has 4 aliphatic rings. The summed E-state index contributed by atoms with van der Waals surface area (Å²) in [6.07, 6.45) is 8.42. The van der Waals surface area contributed by atoms with Gasteiger partial charge in [-0.15, -0.1) is 0 Å². The van der Waals surface area contributed by atoms with Crippen LogP contribution in [0.3, 0.4) is 0 Å². The van der Waals surface area contributed by atoms with Crippen molar-refractivity contribution in [2.45, 2.75) is 90.7 Å². The van der Waals surface area contributed by atoms with Crippen molar-refractivity contribution in [2.75, 3.05) is 0 Å². The van der Waals surface area contributed by atoms with Crippen molar-refractivity contribution < 1.29 is 14.3 Å². The van der Waals surface area contributed by atoms with E-state index in [9.17, 15) is 9.59 Å². The van der Waals surface area contributed by atoms with E-state index in [4.69, 9.17) is 4.74 Å². The van der Waals surface area contributed by atoms with Crippen LogP contribution in [0.1, 0.15) is 83.3 Å². The number of aryl methyl sites for hydroxylation is 1. The van der Waals surface area contributed by atoms with Gasteiger partial charge in [0.05, 0.1) is 0 Å². The van der Waals surface area contributed by atoms with E-state index in [1.54, 1.807) is 6.92 Å². The largest absolute Gasteiger partial charge is 0.454 e. The fourth-order valence-corrected chi connectivity index (χ4v) is 8.25. The van der Waals surface area contributed by atoms with Gasteiger partial charge in [-0.2, -0.15) is 0 Å². The number of rotatable bonds is 2. The Morgan fingerprint density at radius 3 is 2.52 bits per heavy atom. The first-order valence-electron chi connectivity index (χ1n) is 12.2. The predicted molar refractivity (Wildman–Crippen MR) is 120 cm³/mol. The summed E-state index contributed by atoms with van der Waals surface area (Å²) in [6.45, 7) is 8.53. The maximum Gasteiger partial charge on any atom is 0.303 e. The van der Waals surface area contributed by atoms with Crippen LogP contribution < -0.4 is 5.32 Å². The van der Waals surface area contributed by atoms with Gasteiger partial charge in [-0.05, 0) is 67.3 Å². The second-order valence-electron chi connectivity index (χ2n) is 11.5. The molecule has 0 bridgehead atoms. The van der Waals surface area contributed by atoms with E-state index in [-0.39, 0.29) is 23.3 Å². The van der Waals surface area contributed by atoms with Crippen molar-refractivity contribution in [3.63, 3.8) is 0 Å². The fraction of sp³-hybridized carbons (Fsp3) is 0.704. The average Bonchev–Trinajstić information content (AvgIpc) is 3.11. The number of benzene rings is 1. The molecule has 1 aromatic rings. The van der Waals surface area contributed by atoms with Gasteiger partial charge >= 0.3 is 5.97 Å². The number of hydrogen-bond acceptors (Lipinski definition) is 3. The van der Waals surface area contributed by atoms with Crippen LogP contribution in [0.25, 0.3) is 0 Å². The minimum atomic E-state index is -0.671. The van der Waals surface area contributed by atoms with Gasteiger partial charge in [0.1, 0.15) is 5.60 Å². The van der Waals surface area contributed by atoms with Crippen LogP contribution in [0.15, 0.2) is 24.3 Å². The minimum Gasteiger partial charge on any atom is -0.454 e. The molecule has 0 spiro atoms. The molecule has 3 saturated carbocycles. The molecule has 2 unspecified atom stereocenters. The molecular formula is C27H37NO3. The normalized spacial score (nSPS) is 43.9. The van der Waals surface area contributed by atoms with Gasteiger partial charge in [-0.1, -0.05) is 50.1 Å². The number of ether oxygens (including phenoxy) is 1. The Morgan fingerprint density at radius 1 is 1.06 bits per heavy atom. The third-order valence-corrected chi connectivity index (χ3v) is 9.83. The van der Waals surface area contributed by atoms with Crippen LogP contribution >= 0.6 is 0 Å². The lowest BCUT2D eigenvalue weighted by molar-refractivity contribution is -0.221. The van der Waals surface area contributed by atoms with E-state index < -0.39 is 5.60 Å². The SMILES string of the molecule is CC(=O)OC1(c2ccc(C)cc2)CC2NC(=O)CC[C@]2(C)[C@@H]2CC[C@]3(C)CCC[C@H]3[C@@H]21. The molecule has 1 heterocycles. The second kappa shape index (κ2) is 7.08. The Kier molecular flexibility index (Phi) is 4.80. The highest BCUT2D eigenvalue weighted by molar-refractivity contribution is 5.77. The smallest absolute Gasteiger partial charge is 0.303 e. The number of carbonyl (C=O) groups is 2. The Morgan fingerprint density at radius 2 is 1.81 bits per heavy atom. The van der Waals surface area contributed by atoms with Crippen molar-refractivity contribution >= 4 is 11.9 Å².